The summed E-state index contributed by atoms with van der Waals surface area (Å²) >= 11 is 5.32. The monoisotopic (exact) mass is 483 g/mol. The lowest BCUT2D eigenvalue weighted by Gasteiger charge is -2.20. The fraction of sp³-hybridized carbons (Fsp3) is 0.381. The number of sulfonamides is 2. The zero-order valence-corrected chi connectivity index (χ0v) is 20.8. The largest absolute Gasteiger partial charge is 0.359 e. The zero-order valence-electron chi connectivity index (χ0n) is 18.3. The van der Waals surface area contributed by atoms with Crippen molar-refractivity contribution in [2.24, 2.45) is 0 Å². The first-order valence-electron chi connectivity index (χ1n) is 9.58. The molecule has 0 aromatic heterocycles. The van der Waals surface area contributed by atoms with E-state index in [2.05, 4.69) is 55.7 Å². The van der Waals surface area contributed by atoms with Crippen LogP contribution in [0.2, 0.25) is 0 Å². The molecule has 0 saturated carbocycles. The van der Waals surface area contributed by atoms with Crippen molar-refractivity contribution < 1.29 is 16.8 Å². The SMILES string of the molecule is CC(C)(C)c1ccc(CNC(=S)NCc2cccc(N(S(C)(=O)=O)S(C)(=O)=O)c2)cc1. The molecule has 0 heterocycles. The number of thiocarbonyl (C=S) groups is 1. The van der Waals surface area contributed by atoms with Crippen LogP contribution < -0.4 is 14.3 Å². The summed E-state index contributed by atoms with van der Waals surface area (Å²) in [6.45, 7) is 7.37. The smallest absolute Gasteiger partial charge is 0.245 e. The highest BCUT2D eigenvalue weighted by Gasteiger charge is 2.27. The summed E-state index contributed by atoms with van der Waals surface area (Å²) < 4.78 is 48.2. The highest BCUT2D eigenvalue weighted by molar-refractivity contribution is 8.09. The van der Waals surface area contributed by atoms with Gasteiger partial charge in [-0.1, -0.05) is 57.2 Å². The normalized spacial score (nSPS) is 12.3. The van der Waals surface area contributed by atoms with Crippen LogP contribution in [0.25, 0.3) is 0 Å². The number of rotatable bonds is 7. The molecule has 7 nitrogen and oxygen atoms in total. The molecule has 0 saturated heterocycles. The van der Waals surface area contributed by atoms with Crippen molar-refractivity contribution in [1.29, 1.82) is 0 Å². The van der Waals surface area contributed by atoms with Crippen LogP contribution in [0.5, 0.6) is 0 Å². The van der Waals surface area contributed by atoms with E-state index in [1.165, 1.54) is 17.7 Å². The van der Waals surface area contributed by atoms with Crippen LogP contribution in [0.15, 0.2) is 48.5 Å². The molecular formula is C21H29N3O4S3. The van der Waals surface area contributed by atoms with Gasteiger partial charge in [-0.15, -0.1) is 0 Å². The van der Waals surface area contributed by atoms with E-state index in [1.54, 1.807) is 12.1 Å². The first-order chi connectivity index (χ1) is 14.2. The second kappa shape index (κ2) is 9.54. The maximum atomic E-state index is 12.0. The van der Waals surface area contributed by atoms with Crippen molar-refractivity contribution in [2.45, 2.75) is 39.3 Å². The van der Waals surface area contributed by atoms with Crippen molar-refractivity contribution in [3.05, 3.63) is 65.2 Å². The van der Waals surface area contributed by atoms with E-state index in [9.17, 15) is 16.8 Å². The summed E-state index contributed by atoms with van der Waals surface area (Å²) in [6.07, 6.45) is 1.71. The Bertz CT molecular complexity index is 1110. The van der Waals surface area contributed by atoms with Crippen LogP contribution in [0, 0.1) is 0 Å². The summed E-state index contributed by atoms with van der Waals surface area (Å²) in [6, 6.07) is 14.6. The summed E-state index contributed by atoms with van der Waals surface area (Å²) in [4.78, 5) is 0. The number of hydrogen-bond donors (Lipinski definition) is 2. The molecule has 2 rings (SSSR count). The van der Waals surface area contributed by atoms with Gasteiger partial charge in [-0.2, -0.15) is 3.71 Å². The molecule has 10 heteroatoms. The van der Waals surface area contributed by atoms with Gasteiger partial charge in [-0.25, -0.2) is 16.8 Å². The third kappa shape index (κ3) is 7.48. The Kier molecular flexibility index (Phi) is 7.72. The minimum atomic E-state index is -3.99. The Morgan fingerprint density at radius 2 is 1.39 bits per heavy atom. The minimum absolute atomic E-state index is 0.0575. The molecule has 0 aliphatic rings. The molecule has 2 N–H and O–H groups in total. The lowest BCUT2D eigenvalue weighted by atomic mass is 9.87. The lowest BCUT2D eigenvalue weighted by Crippen LogP contribution is -2.36. The van der Waals surface area contributed by atoms with Crippen LogP contribution in [0.3, 0.4) is 0 Å². The van der Waals surface area contributed by atoms with Gasteiger partial charge in [0.1, 0.15) is 0 Å². The summed E-state index contributed by atoms with van der Waals surface area (Å²) in [5.74, 6) is 0. The summed E-state index contributed by atoms with van der Waals surface area (Å²) in [5, 5.41) is 6.62. The molecule has 0 aliphatic carbocycles. The molecule has 0 radical (unpaired) electrons. The van der Waals surface area contributed by atoms with Gasteiger partial charge < -0.3 is 10.6 Å². The van der Waals surface area contributed by atoms with Crippen molar-refractivity contribution in [3.8, 4) is 0 Å². The molecule has 0 amide bonds. The van der Waals surface area contributed by atoms with Crippen molar-refractivity contribution in [3.63, 3.8) is 0 Å². The molecule has 0 fully saturated rings. The summed E-state index contributed by atoms with van der Waals surface area (Å²) in [5.41, 5.74) is 3.20. The molecule has 0 unspecified atom stereocenters. The Morgan fingerprint density at radius 3 is 1.87 bits per heavy atom. The van der Waals surface area contributed by atoms with E-state index < -0.39 is 20.0 Å². The van der Waals surface area contributed by atoms with Gasteiger partial charge in [0.15, 0.2) is 5.11 Å². The van der Waals surface area contributed by atoms with E-state index in [-0.39, 0.29) is 11.1 Å². The third-order valence-corrected chi connectivity index (χ3v) is 7.99. The number of nitrogens with zero attached hydrogens (tertiary/aromatic N) is 1. The predicted molar refractivity (Wildman–Crippen MR) is 130 cm³/mol. The van der Waals surface area contributed by atoms with Crippen molar-refractivity contribution in [1.82, 2.24) is 10.6 Å². The maximum Gasteiger partial charge on any atom is 0.245 e. The van der Waals surface area contributed by atoms with Crippen LogP contribution in [-0.4, -0.2) is 34.5 Å². The first-order valence-corrected chi connectivity index (χ1v) is 13.7. The number of anilines is 1. The molecule has 0 atom stereocenters. The van der Waals surface area contributed by atoms with Gasteiger partial charge in [-0.3, -0.25) is 0 Å². The third-order valence-electron chi connectivity index (χ3n) is 4.45. The highest BCUT2D eigenvalue weighted by Crippen LogP contribution is 2.23. The average Bonchev–Trinajstić information content (AvgIpc) is 2.62. The van der Waals surface area contributed by atoms with E-state index in [0.29, 0.717) is 27.5 Å². The first kappa shape index (κ1) is 25.1. The second-order valence-electron chi connectivity index (χ2n) is 8.38. The molecule has 0 aliphatic heterocycles. The average molecular weight is 484 g/mol. The number of benzene rings is 2. The van der Waals surface area contributed by atoms with Crippen LogP contribution in [-0.2, 0) is 38.6 Å². The van der Waals surface area contributed by atoms with Gasteiger partial charge in [0.2, 0.25) is 20.0 Å². The number of nitrogens with one attached hydrogen (secondary N) is 2. The summed E-state index contributed by atoms with van der Waals surface area (Å²) in [7, 11) is -7.98. The standard InChI is InChI=1S/C21H29N3O4S3/c1-21(2,3)18-11-9-16(10-12-18)14-22-20(29)23-15-17-7-6-8-19(13-17)24(30(4,25)26)31(5,27)28/h6-13H,14-15H2,1-5H3,(H2,22,23,29). The van der Waals surface area contributed by atoms with Crippen molar-refractivity contribution >= 4 is 43.1 Å². The second-order valence-corrected chi connectivity index (χ2v) is 12.7. The molecule has 0 spiro atoms. The highest BCUT2D eigenvalue weighted by atomic mass is 32.3. The molecule has 2 aromatic carbocycles. The Morgan fingerprint density at radius 1 is 0.871 bits per heavy atom. The van der Waals surface area contributed by atoms with Gasteiger partial charge in [-0.05, 0) is 46.5 Å². The van der Waals surface area contributed by atoms with E-state index in [1.807, 2.05) is 0 Å². The van der Waals surface area contributed by atoms with Crippen LogP contribution in [0.1, 0.15) is 37.5 Å². The van der Waals surface area contributed by atoms with Crippen LogP contribution >= 0.6 is 12.2 Å². The van der Waals surface area contributed by atoms with Gasteiger partial charge in [0, 0.05) is 13.1 Å². The quantitative estimate of drug-likeness (QED) is 0.585. The fourth-order valence-electron chi connectivity index (χ4n) is 2.96. The topological polar surface area (TPSA) is 95.6 Å². The Labute approximate surface area is 191 Å². The van der Waals surface area contributed by atoms with Gasteiger partial charge in [0.05, 0.1) is 18.2 Å². The lowest BCUT2D eigenvalue weighted by molar-refractivity contribution is 0.589. The van der Waals surface area contributed by atoms with E-state index in [0.717, 1.165) is 18.1 Å². The molecule has 31 heavy (non-hydrogen) atoms. The Balaban J connectivity index is 1.99. The fourth-order valence-corrected chi connectivity index (χ4v) is 6.06. The van der Waals surface area contributed by atoms with Gasteiger partial charge in [0.25, 0.3) is 0 Å². The molecule has 0 bridgehead atoms. The minimum Gasteiger partial charge on any atom is -0.359 e. The number of hydrogen-bond acceptors (Lipinski definition) is 5. The zero-order chi connectivity index (χ0) is 23.4. The van der Waals surface area contributed by atoms with E-state index in [4.69, 9.17) is 12.2 Å². The van der Waals surface area contributed by atoms with Gasteiger partial charge >= 0.3 is 0 Å². The Hall–Kier alpha value is -2.17. The predicted octanol–water partition coefficient (Wildman–Crippen LogP) is 2.87. The van der Waals surface area contributed by atoms with Crippen LogP contribution in [0.4, 0.5) is 5.69 Å². The molecule has 170 valence electrons. The molecule has 2 aromatic rings. The molecular weight excluding hydrogens is 454 g/mol. The van der Waals surface area contributed by atoms with E-state index >= 15 is 0 Å². The van der Waals surface area contributed by atoms with Crippen molar-refractivity contribution in [2.75, 3.05) is 16.2 Å². The maximum absolute atomic E-state index is 12.0.